The first-order valence-corrected chi connectivity index (χ1v) is 7.22. The van der Waals surface area contributed by atoms with E-state index in [1.165, 1.54) is 62.3 Å². The van der Waals surface area contributed by atoms with E-state index >= 15 is 0 Å². The van der Waals surface area contributed by atoms with E-state index in [0.29, 0.717) is 16.7 Å². The monoisotopic (exact) mass is 441 g/mol. The molecule has 143 valence electrons. The van der Waals surface area contributed by atoms with Crippen LogP contribution < -0.4 is 15.3 Å². The van der Waals surface area contributed by atoms with E-state index in [9.17, 15) is 29.7 Å². The summed E-state index contributed by atoms with van der Waals surface area (Å²) in [5.41, 5.74) is 0.972. The van der Waals surface area contributed by atoms with Gasteiger partial charge in [0.05, 0.1) is 0 Å². The Bertz CT molecular complexity index is 475. The molecule has 0 aliphatic rings. The Hall–Kier alpha value is -1.75. The van der Waals surface area contributed by atoms with Crippen molar-refractivity contribution in [2.45, 2.75) is 62.3 Å². The number of Topliss-reactive ketones (excluding diaryl/α,β-unsaturated/α-hetero) is 3. The van der Waals surface area contributed by atoms with E-state index in [0.717, 1.165) is 0 Å². The van der Waals surface area contributed by atoms with Gasteiger partial charge in [-0.25, -0.2) is 0 Å². The number of rotatable bonds is 3. The van der Waals surface area contributed by atoms with Crippen LogP contribution in [0.3, 0.4) is 0 Å². The molecular weight excluding hydrogens is 413 g/mol. The quantitative estimate of drug-likeness (QED) is 0.362. The summed E-state index contributed by atoms with van der Waals surface area (Å²) < 4.78 is 0. The number of carbonyl (C=O) groups excluding carboxylic acids is 3. The summed E-state index contributed by atoms with van der Waals surface area (Å²) in [6, 6.07) is 0. The van der Waals surface area contributed by atoms with Crippen molar-refractivity contribution in [3.05, 3.63) is 34.0 Å². The molecule has 0 unspecified atom stereocenters. The van der Waals surface area contributed by atoms with Crippen LogP contribution in [0.15, 0.2) is 34.0 Å². The molecule has 0 amide bonds. The Kier molecular flexibility index (Phi) is 19.6. The fraction of sp³-hybridized carbons (Fsp3) is 0.500. The van der Waals surface area contributed by atoms with Gasteiger partial charge in [0.1, 0.15) is 0 Å². The summed E-state index contributed by atoms with van der Waals surface area (Å²) in [5.74, 6) is -0.847. The molecule has 0 spiro atoms. The maximum Gasteiger partial charge on any atom is 3.00 e. The van der Waals surface area contributed by atoms with Crippen molar-refractivity contribution in [1.82, 2.24) is 0 Å². The van der Waals surface area contributed by atoms with Crippen molar-refractivity contribution in [3.63, 3.8) is 0 Å². The Labute approximate surface area is 163 Å². The van der Waals surface area contributed by atoms with Crippen molar-refractivity contribution in [2.24, 2.45) is 0 Å². The standard InChI is InChI=1S/3C6H10O2.Ru/c3*1-4(5(2)7)6(3)8;/h3*7H,1-3H3;/q;;;+3/p-3/b3*5-4-;. The molecule has 1 radical (unpaired) electrons. The minimum atomic E-state index is -0.141. The van der Waals surface area contributed by atoms with E-state index < -0.39 is 0 Å². The van der Waals surface area contributed by atoms with Gasteiger partial charge in [0.2, 0.25) is 0 Å². The van der Waals surface area contributed by atoms with Gasteiger partial charge in [0.15, 0.2) is 17.3 Å². The second-order valence-corrected chi connectivity index (χ2v) is 5.21. The predicted octanol–water partition coefficient (Wildman–Crippen LogP) is 0.686. The van der Waals surface area contributed by atoms with Gasteiger partial charge in [-0.05, 0) is 58.3 Å². The van der Waals surface area contributed by atoms with E-state index in [2.05, 4.69) is 0 Å². The minimum Gasteiger partial charge on any atom is -0.875 e. The molecule has 7 heteroatoms. The van der Waals surface area contributed by atoms with E-state index in [-0.39, 0.29) is 54.1 Å². The largest absolute Gasteiger partial charge is 3.00 e. The molecule has 0 bridgehead atoms. The van der Waals surface area contributed by atoms with Crippen LogP contribution in [0.2, 0.25) is 0 Å². The van der Waals surface area contributed by atoms with E-state index in [1.807, 2.05) is 0 Å². The maximum atomic E-state index is 10.3. The van der Waals surface area contributed by atoms with Crippen molar-refractivity contribution in [3.8, 4) is 0 Å². The van der Waals surface area contributed by atoms with Crippen molar-refractivity contribution >= 4 is 17.3 Å². The van der Waals surface area contributed by atoms with Crippen LogP contribution >= 0.6 is 0 Å². The molecule has 0 heterocycles. The Morgan fingerprint density at radius 3 is 0.560 bits per heavy atom. The normalized spacial score (nSPS) is 12.4. The maximum absolute atomic E-state index is 10.3. The molecule has 0 aromatic rings. The Balaban J connectivity index is -0.000000130. The number of allylic oxidation sites excluding steroid dienone is 6. The summed E-state index contributed by atoms with van der Waals surface area (Å²) >= 11 is 0. The molecule has 0 N–H and O–H groups in total. The molecule has 0 aliphatic carbocycles. The molecule has 0 aromatic carbocycles. The molecule has 0 aliphatic heterocycles. The SMILES string of the molecule is CC(=O)/C(C)=C(/C)[O-].CC(=O)/C(C)=C(/C)[O-].CC(=O)/C(C)=C(/C)[O-].[Ru+3]. The number of hydrogen-bond donors (Lipinski definition) is 0. The van der Waals surface area contributed by atoms with Crippen LogP contribution in [-0.4, -0.2) is 17.3 Å². The van der Waals surface area contributed by atoms with Crippen LogP contribution in [-0.2, 0) is 33.9 Å². The third kappa shape index (κ3) is 18.4. The topological polar surface area (TPSA) is 120 Å². The number of hydrogen-bond acceptors (Lipinski definition) is 6. The molecule has 0 atom stereocenters. The van der Waals surface area contributed by atoms with Crippen LogP contribution in [0.1, 0.15) is 62.3 Å². The smallest absolute Gasteiger partial charge is 0.875 e. The minimum absolute atomic E-state index is 0. The van der Waals surface area contributed by atoms with Crippen LogP contribution in [0.25, 0.3) is 0 Å². The van der Waals surface area contributed by atoms with Gasteiger partial charge in [-0.3, -0.25) is 14.4 Å². The Morgan fingerprint density at radius 2 is 0.560 bits per heavy atom. The zero-order valence-corrected chi connectivity index (χ0v) is 18.0. The molecule has 0 saturated heterocycles. The van der Waals surface area contributed by atoms with Gasteiger partial charge in [-0.15, -0.1) is 17.3 Å². The van der Waals surface area contributed by atoms with E-state index in [1.54, 1.807) is 0 Å². The fourth-order valence-corrected chi connectivity index (χ4v) is 0.744. The second kappa shape index (κ2) is 15.8. The molecule has 0 saturated carbocycles. The van der Waals surface area contributed by atoms with Gasteiger partial charge in [-0.1, -0.05) is 20.8 Å². The van der Waals surface area contributed by atoms with Gasteiger partial charge < -0.3 is 15.3 Å². The van der Waals surface area contributed by atoms with Crippen LogP contribution in [0.4, 0.5) is 0 Å². The summed E-state index contributed by atoms with van der Waals surface area (Å²) in [4.78, 5) is 31.0. The summed E-state index contributed by atoms with van der Waals surface area (Å²) in [5, 5.41) is 31.0. The first kappa shape index (κ1) is 31.1. The summed E-state index contributed by atoms with van der Waals surface area (Å²) in [7, 11) is 0. The first-order valence-electron chi connectivity index (χ1n) is 7.22. The zero-order chi connectivity index (χ0) is 20.2. The molecule has 0 rings (SSSR count). The van der Waals surface area contributed by atoms with Crippen LogP contribution in [0.5, 0.6) is 0 Å². The summed E-state index contributed by atoms with van der Waals surface area (Å²) in [6.45, 7) is 12.9. The van der Waals surface area contributed by atoms with Crippen molar-refractivity contribution in [2.75, 3.05) is 0 Å². The van der Waals surface area contributed by atoms with E-state index in [4.69, 9.17) is 0 Å². The average molecular weight is 440 g/mol. The molecule has 6 nitrogen and oxygen atoms in total. The van der Waals surface area contributed by atoms with Gasteiger partial charge in [-0.2, -0.15) is 0 Å². The summed E-state index contributed by atoms with van der Waals surface area (Å²) in [6.07, 6.45) is 0. The van der Waals surface area contributed by atoms with Gasteiger partial charge in [0, 0.05) is 0 Å². The van der Waals surface area contributed by atoms with Gasteiger partial charge in [0.25, 0.3) is 0 Å². The number of carbonyl (C=O) groups is 3. The molecular formula is C18H27O6Ru. The van der Waals surface area contributed by atoms with Gasteiger partial charge >= 0.3 is 19.5 Å². The van der Waals surface area contributed by atoms with Crippen molar-refractivity contribution < 1.29 is 49.2 Å². The third-order valence-electron chi connectivity index (χ3n) is 3.17. The second-order valence-electron chi connectivity index (χ2n) is 5.21. The Morgan fingerprint density at radius 1 is 0.440 bits per heavy atom. The predicted molar refractivity (Wildman–Crippen MR) is 87.2 cm³/mol. The first-order chi connectivity index (χ1) is 10.7. The van der Waals surface area contributed by atoms with Crippen molar-refractivity contribution in [1.29, 1.82) is 0 Å². The third-order valence-corrected chi connectivity index (χ3v) is 3.17. The molecule has 0 aromatic heterocycles. The average Bonchev–Trinajstić information content (AvgIpc) is 2.45. The fourth-order valence-electron chi connectivity index (χ4n) is 0.744. The molecule has 25 heavy (non-hydrogen) atoms. The number of ketones is 3. The molecule has 0 fully saturated rings. The van der Waals surface area contributed by atoms with Crippen LogP contribution in [0, 0.1) is 0 Å². The zero-order valence-electron chi connectivity index (χ0n) is 16.3.